The molecule has 26 heavy (non-hydrogen) atoms. The van der Waals surface area contributed by atoms with E-state index in [4.69, 9.17) is 9.47 Å². The summed E-state index contributed by atoms with van der Waals surface area (Å²) in [6.07, 6.45) is 1.96. The quantitative estimate of drug-likeness (QED) is 0.763. The van der Waals surface area contributed by atoms with Gasteiger partial charge in [-0.15, -0.1) is 0 Å². The Kier molecular flexibility index (Phi) is 5.25. The van der Waals surface area contributed by atoms with Crippen molar-refractivity contribution in [3.8, 4) is 11.6 Å². The van der Waals surface area contributed by atoms with Crippen molar-refractivity contribution in [3.63, 3.8) is 0 Å². The van der Waals surface area contributed by atoms with Gasteiger partial charge in [0.05, 0.1) is 17.6 Å². The summed E-state index contributed by atoms with van der Waals surface area (Å²) in [7, 11) is -1.36. The fourth-order valence-corrected chi connectivity index (χ4v) is 3.49. The van der Waals surface area contributed by atoms with Gasteiger partial charge in [0, 0.05) is 12.6 Å². The fraction of sp³-hybridized carbons (Fsp3) is 0.556. The van der Waals surface area contributed by atoms with Crippen LogP contribution in [-0.2, 0) is 13.0 Å². The van der Waals surface area contributed by atoms with Gasteiger partial charge in [0.25, 0.3) is 5.56 Å². The predicted octanol–water partition coefficient (Wildman–Crippen LogP) is 1.76. The third kappa shape index (κ3) is 3.43. The van der Waals surface area contributed by atoms with Gasteiger partial charge in [-0.05, 0) is 52.4 Å². The molecule has 140 valence electrons. The number of hydrogen-bond acceptors (Lipinski definition) is 6. The zero-order valence-electron chi connectivity index (χ0n) is 15.5. The third-order valence-electron chi connectivity index (χ3n) is 4.92. The minimum absolute atomic E-state index is 0.0830. The van der Waals surface area contributed by atoms with E-state index >= 15 is 0 Å². The molecule has 2 N–H and O–H groups in total. The molecule has 0 radical (unpaired) electrons. The second-order valence-corrected chi connectivity index (χ2v) is 6.88. The maximum atomic E-state index is 12.9. The van der Waals surface area contributed by atoms with Gasteiger partial charge in [-0.3, -0.25) is 9.36 Å². The molecule has 0 saturated heterocycles. The van der Waals surface area contributed by atoms with Crippen molar-refractivity contribution in [2.75, 3.05) is 6.61 Å². The normalized spacial score (nSPS) is 19.1. The Hall–Kier alpha value is -2.06. The summed E-state index contributed by atoms with van der Waals surface area (Å²) >= 11 is 0. The van der Waals surface area contributed by atoms with Gasteiger partial charge in [-0.2, -0.15) is 4.98 Å². The van der Waals surface area contributed by atoms with Crippen molar-refractivity contribution in [3.05, 3.63) is 28.0 Å². The minimum atomic E-state index is -1.36. The molecule has 0 bridgehead atoms. The molecule has 3 heterocycles. The second kappa shape index (κ2) is 7.29. The SMILES string of the molecule is CCOc1ccc2c3c(c(=O)n(CC)c2n1)CCC(C)(CCB(O)O)O3. The number of nitrogens with zero attached hydrogens (tertiary/aromatic N) is 2. The number of fused-ring (bicyclic) bond motifs is 3. The van der Waals surface area contributed by atoms with E-state index in [9.17, 15) is 14.8 Å². The van der Waals surface area contributed by atoms with Crippen LogP contribution in [0.2, 0.25) is 6.32 Å². The topological polar surface area (TPSA) is 93.8 Å². The zero-order valence-corrected chi connectivity index (χ0v) is 15.5. The number of pyridine rings is 2. The molecule has 0 saturated carbocycles. The Morgan fingerprint density at radius 2 is 2.15 bits per heavy atom. The summed E-state index contributed by atoms with van der Waals surface area (Å²) in [4.78, 5) is 17.4. The summed E-state index contributed by atoms with van der Waals surface area (Å²) in [6.45, 7) is 6.75. The molecule has 3 rings (SSSR count). The van der Waals surface area contributed by atoms with Gasteiger partial charge in [0.15, 0.2) is 5.65 Å². The molecular weight excluding hydrogens is 335 g/mol. The lowest BCUT2D eigenvalue weighted by Crippen LogP contribution is -2.40. The molecule has 0 aromatic carbocycles. The van der Waals surface area contributed by atoms with E-state index in [2.05, 4.69) is 4.98 Å². The van der Waals surface area contributed by atoms with Gasteiger partial charge in [-0.1, -0.05) is 0 Å². The van der Waals surface area contributed by atoms with E-state index in [-0.39, 0.29) is 11.9 Å². The Morgan fingerprint density at radius 1 is 1.38 bits per heavy atom. The number of aryl methyl sites for hydroxylation is 1. The van der Waals surface area contributed by atoms with E-state index in [1.54, 1.807) is 10.6 Å². The number of rotatable bonds is 6. The van der Waals surface area contributed by atoms with Crippen LogP contribution in [0, 0.1) is 0 Å². The van der Waals surface area contributed by atoms with Crippen LogP contribution >= 0.6 is 0 Å². The van der Waals surface area contributed by atoms with Crippen LogP contribution in [0.5, 0.6) is 11.6 Å². The molecule has 0 spiro atoms. The monoisotopic (exact) mass is 360 g/mol. The molecule has 1 aliphatic heterocycles. The smallest absolute Gasteiger partial charge is 0.451 e. The number of aromatic nitrogens is 2. The highest BCUT2D eigenvalue weighted by Gasteiger charge is 2.35. The Morgan fingerprint density at radius 3 is 2.81 bits per heavy atom. The molecule has 0 fully saturated rings. The summed E-state index contributed by atoms with van der Waals surface area (Å²) in [5, 5.41) is 19.1. The average molecular weight is 360 g/mol. The summed E-state index contributed by atoms with van der Waals surface area (Å²) < 4.78 is 13.4. The second-order valence-electron chi connectivity index (χ2n) is 6.88. The molecule has 0 amide bonds. The lowest BCUT2D eigenvalue weighted by Gasteiger charge is -2.36. The van der Waals surface area contributed by atoms with Crippen molar-refractivity contribution in [2.24, 2.45) is 0 Å². The van der Waals surface area contributed by atoms with E-state index in [1.165, 1.54) is 0 Å². The van der Waals surface area contributed by atoms with Crippen molar-refractivity contribution in [1.29, 1.82) is 0 Å². The van der Waals surface area contributed by atoms with Crippen LogP contribution in [0.3, 0.4) is 0 Å². The van der Waals surface area contributed by atoms with E-state index < -0.39 is 12.7 Å². The molecule has 8 heteroatoms. The van der Waals surface area contributed by atoms with E-state index in [0.29, 0.717) is 55.3 Å². The average Bonchev–Trinajstić information content (AvgIpc) is 2.61. The van der Waals surface area contributed by atoms with Crippen LogP contribution < -0.4 is 15.0 Å². The zero-order chi connectivity index (χ0) is 18.9. The standard InChI is InChI=1S/C18H25BN2O5/c1-4-21-16-12(6-7-14(20-16)25-5-2)15-13(17(21)22)8-9-18(3,26-15)10-11-19(23)24/h6-7,23-24H,4-5,8-11H2,1-3H3. The lowest BCUT2D eigenvalue weighted by molar-refractivity contribution is 0.0607. The van der Waals surface area contributed by atoms with Gasteiger partial charge < -0.3 is 19.5 Å². The molecule has 1 unspecified atom stereocenters. The Balaban J connectivity index is 2.12. The molecule has 2 aromatic heterocycles. The van der Waals surface area contributed by atoms with Gasteiger partial charge in [0.1, 0.15) is 11.4 Å². The van der Waals surface area contributed by atoms with Crippen molar-refractivity contribution in [1.82, 2.24) is 9.55 Å². The summed E-state index contributed by atoms with van der Waals surface area (Å²) in [5.41, 5.74) is 0.578. The first kappa shape index (κ1) is 18.7. The van der Waals surface area contributed by atoms with Gasteiger partial charge in [0.2, 0.25) is 5.88 Å². The molecule has 2 aromatic rings. The number of ether oxygens (including phenoxy) is 2. The maximum absolute atomic E-state index is 12.9. The van der Waals surface area contributed by atoms with Gasteiger partial charge in [-0.25, -0.2) is 0 Å². The highest BCUT2D eigenvalue weighted by molar-refractivity contribution is 6.40. The van der Waals surface area contributed by atoms with Crippen molar-refractivity contribution >= 4 is 18.2 Å². The Labute approximate surface area is 152 Å². The summed E-state index contributed by atoms with van der Waals surface area (Å²) in [6, 6.07) is 3.66. The highest BCUT2D eigenvalue weighted by Crippen LogP contribution is 2.39. The van der Waals surface area contributed by atoms with Crippen LogP contribution in [-0.4, -0.2) is 38.9 Å². The molecule has 7 nitrogen and oxygen atoms in total. The largest absolute Gasteiger partial charge is 0.486 e. The molecule has 1 atom stereocenters. The van der Waals surface area contributed by atoms with Crippen LogP contribution in [0.15, 0.2) is 16.9 Å². The molecular formula is C18H25BN2O5. The lowest BCUT2D eigenvalue weighted by atomic mass is 9.77. The molecule has 0 aliphatic carbocycles. The molecule has 1 aliphatic rings. The minimum Gasteiger partial charge on any atom is -0.486 e. The van der Waals surface area contributed by atoms with Gasteiger partial charge >= 0.3 is 7.12 Å². The summed E-state index contributed by atoms with van der Waals surface area (Å²) in [5.74, 6) is 1.04. The first-order chi connectivity index (χ1) is 12.4. The number of hydrogen-bond donors (Lipinski definition) is 2. The fourth-order valence-electron chi connectivity index (χ4n) is 3.49. The van der Waals surface area contributed by atoms with E-state index in [0.717, 1.165) is 5.39 Å². The maximum Gasteiger partial charge on any atom is 0.451 e. The van der Waals surface area contributed by atoms with E-state index in [1.807, 2.05) is 26.8 Å². The van der Waals surface area contributed by atoms with Crippen LogP contribution in [0.4, 0.5) is 0 Å². The third-order valence-corrected chi connectivity index (χ3v) is 4.92. The predicted molar refractivity (Wildman–Crippen MR) is 99.8 cm³/mol. The first-order valence-electron chi connectivity index (χ1n) is 9.13. The van der Waals surface area contributed by atoms with Crippen molar-refractivity contribution in [2.45, 2.75) is 58.5 Å². The first-order valence-corrected chi connectivity index (χ1v) is 9.13. The van der Waals surface area contributed by atoms with Crippen LogP contribution in [0.1, 0.15) is 39.2 Å². The van der Waals surface area contributed by atoms with Crippen LogP contribution in [0.25, 0.3) is 11.0 Å². The van der Waals surface area contributed by atoms with Crippen molar-refractivity contribution < 1.29 is 19.5 Å². The Bertz CT molecular complexity index is 867. The highest BCUT2D eigenvalue weighted by atomic mass is 16.5.